The van der Waals surface area contributed by atoms with Crippen molar-refractivity contribution >= 4 is 0 Å². The van der Waals surface area contributed by atoms with Gasteiger partial charge in [0.15, 0.2) is 0 Å². The third-order valence-corrected chi connectivity index (χ3v) is 2.36. The number of rotatable bonds is 8. The van der Waals surface area contributed by atoms with Gasteiger partial charge in [0.2, 0.25) is 0 Å². The first-order valence-electron chi connectivity index (χ1n) is 6.60. The molecule has 0 aliphatic rings. The molecular formula is C15H31N. The molecule has 0 radical (unpaired) electrons. The molecule has 1 nitrogen and oxygen atoms in total. The van der Waals surface area contributed by atoms with Crippen molar-refractivity contribution in [2.24, 2.45) is 5.41 Å². The number of terminal acetylenes is 1. The fourth-order valence-electron chi connectivity index (χ4n) is 1.49. The van der Waals surface area contributed by atoms with E-state index in [4.69, 9.17) is 0 Å². The molecule has 0 aliphatic heterocycles. The molecule has 0 bridgehead atoms. The first kappa shape index (κ1) is 17.9. The molecule has 0 heterocycles. The minimum atomic E-state index is 0.433. The lowest BCUT2D eigenvalue weighted by atomic mass is 9.97. The van der Waals surface area contributed by atoms with E-state index in [2.05, 4.69) is 45.9 Å². The summed E-state index contributed by atoms with van der Waals surface area (Å²) in [6.45, 7) is 11.4. The fraction of sp³-hybridized carbons (Fsp3) is 0.867. The Morgan fingerprint density at radius 3 is 1.88 bits per heavy atom. The Kier molecular flexibility index (Phi) is 14.1. The lowest BCUT2D eigenvalue weighted by Crippen LogP contribution is -2.27. The zero-order chi connectivity index (χ0) is 12.9. The molecule has 96 valence electrons. The van der Waals surface area contributed by atoms with Crippen LogP contribution in [0.5, 0.6) is 0 Å². The fourth-order valence-corrected chi connectivity index (χ4v) is 1.49. The second-order valence-corrected chi connectivity index (χ2v) is 5.51. The van der Waals surface area contributed by atoms with Crippen LogP contribution in [0.2, 0.25) is 0 Å². The highest BCUT2D eigenvalue weighted by Gasteiger charge is 2.07. The van der Waals surface area contributed by atoms with Crippen molar-refractivity contribution in [3.63, 3.8) is 0 Å². The van der Waals surface area contributed by atoms with E-state index >= 15 is 0 Å². The van der Waals surface area contributed by atoms with Crippen LogP contribution in [0.4, 0.5) is 0 Å². The summed E-state index contributed by atoms with van der Waals surface area (Å²) in [7, 11) is 0. The predicted octanol–water partition coefficient (Wildman–Crippen LogP) is 4.23. The van der Waals surface area contributed by atoms with Gasteiger partial charge in [-0.3, -0.25) is 0 Å². The summed E-state index contributed by atoms with van der Waals surface area (Å²) in [6.07, 6.45) is 16.4. The maximum absolute atomic E-state index is 4.00. The van der Waals surface area contributed by atoms with Crippen LogP contribution in [0.1, 0.15) is 66.2 Å². The molecular weight excluding hydrogens is 194 g/mol. The second-order valence-electron chi connectivity index (χ2n) is 5.51. The normalized spacial score (nSPS) is 10.6. The van der Waals surface area contributed by atoms with Gasteiger partial charge in [0.25, 0.3) is 0 Å². The molecule has 0 saturated carbocycles. The van der Waals surface area contributed by atoms with Crippen molar-refractivity contribution in [1.29, 1.82) is 0 Å². The van der Waals surface area contributed by atoms with Crippen LogP contribution >= 0.6 is 0 Å². The van der Waals surface area contributed by atoms with Gasteiger partial charge in [0, 0.05) is 0 Å². The highest BCUT2D eigenvalue weighted by Crippen LogP contribution is 2.10. The van der Waals surface area contributed by atoms with Crippen molar-refractivity contribution in [2.45, 2.75) is 66.2 Å². The topological polar surface area (TPSA) is 12.0 Å². The SMILES string of the molecule is C#C.CCCCCCCCNCC(C)(C)C. The molecule has 0 spiro atoms. The van der Waals surface area contributed by atoms with Crippen LogP contribution in [0.15, 0.2) is 0 Å². The standard InChI is InChI=1S/C13H29N.C2H2/c1-5-6-7-8-9-10-11-14-12-13(2,3)4;1-2/h14H,5-12H2,1-4H3;1-2H. The quantitative estimate of drug-likeness (QED) is 0.481. The van der Waals surface area contributed by atoms with Crippen molar-refractivity contribution in [1.82, 2.24) is 5.32 Å². The number of hydrogen-bond acceptors (Lipinski definition) is 1. The molecule has 0 saturated heterocycles. The molecule has 1 N–H and O–H groups in total. The van der Waals surface area contributed by atoms with Gasteiger partial charge in [0.05, 0.1) is 0 Å². The minimum Gasteiger partial charge on any atom is -0.316 e. The van der Waals surface area contributed by atoms with Gasteiger partial charge in [-0.05, 0) is 24.9 Å². The van der Waals surface area contributed by atoms with Gasteiger partial charge in [0.1, 0.15) is 0 Å². The van der Waals surface area contributed by atoms with Gasteiger partial charge in [-0.25, -0.2) is 0 Å². The van der Waals surface area contributed by atoms with Crippen molar-refractivity contribution in [3.8, 4) is 12.8 Å². The summed E-state index contributed by atoms with van der Waals surface area (Å²) in [4.78, 5) is 0. The van der Waals surface area contributed by atoms with E-state index in [0.29, 0.717) is 5.41 Å². The Balaban J connectivity index is 0. The minimum absolute atomic E-state index is 0.433. The van der Waals surface area contributed by atoms with Crippen molar-refractivity contribution in [3.05, 3.63) is 0 Å². The zero-order valence-corrected chi connectivity index (χ0v) is 11.8. The van der Waals surface area contributed by atoms with E-state index in [9.17, 15) is 0 Å². The summed E-state index contributed by atoms with van der Waals surface area (Å²) < 4.78 is 0. The average Bonchev–Trinajstić information content (AvgIpc) is 2.23. The van der Waals surface area contributed by atoms with Gasteiger partial charge >= 0.3 is 0 Å². The third kappa shape index (κ3) is 19.1. The van der Waals surface area contributed by atoms with E-state index in [-0.39, 0.29) is 0 Å². The maximum Gasteiger partial charge on any atom is -0.0000126 e. The average molecular weight is 225 g/mol. The Labute approximate surface area is 103 Å². The van der Waals surface area contributed by atoms with E-state index in [1.807, 2.05) is 0 Å². The Morgan fingerprint density at radius 2 is 1.38 bits per heavy atom. The van der Waals surface area contributed by atoms with Gasteiger partial charge in [-0.15, -0.1) is 12.8 Å². The molecule has 0 rings (SSSR count). The smallest absolute Gasteiger partial charge is 0.0000126 e. The maximum atomic E-state index is 4.00. The Bertz CT molecular complexity index is 141. The van der Waals surface area contributed by atoms with Crippen molar-refractivity contribution < 1.29 is 0 Å². The first-order valence-corrected chi connectivity index (χ1v) is 6.60. The molecule has 16 heavy (non-hydrogen) atoms. The van der Waals surface area contributed by atoms with E-state index in [0.717, 1.165) is 6.54 Å². The van der Waals surface area contributed by atoms with Gasteiger partial charge in [-0.2, -0.15) is 0 Å². The highest BCUT2D eigenvalue weighted by molar-refractivity contribution is 4.64. The monoisotopic (exact) mass is 225 g/mol. The lowest BCUT2D eigenvalue weighted by Gasteiger charge is -2.18. The Hall–Kier alpha value is -0.480. The third-order valence-electron chi connectivity index (χ3n) is 2.36. The number of nitrogens with one attached hydrogen (secondary N) is 1. The molecule has 1 heteroatoms. The molecule has 0 fully saturated rings. The zero-order valence-electron chi connectivity index (χ0n) is 11.8. The Morgan fingerprint density at radius 1 is 0.875 bits per heavy atom. The molecule has 0 amide bonds. The van der Waals surface area contributed by atoms with E-state index < -0.39 is 0 Å². The first-order chi connectivity index (χ1) is 7.56. The van der Waals surface area contributed by atoms with Crippen LogP contribution < -0.4 is 5.32 Å². The number of unbranched alkanes of at least 4 members (excludes halogenated alkanes) is 5. The van der Waals surface area contributed by atoms with Crippen LogP contribution in [-0.4, -0.2) is 13.1 Å². The predicted molar refractivity (Wildman–Crippen MR) is 75.6 cm³/mol. The molecule has 0 aliphatic carbocycles. The van der Waals surface area contributed by atoms with Crippen LogP contribution in [0.3, 0.4) is 0 Å². The number of hydrogen-bond donors (Lipinski definition) is 1. The highest BCUT2D eigenvalue weighted by atomic mass is 14.9. The molecule has 0 aromatic rings. The molecule has 0 atom stereocenters. The van der Waals surface area contributed by atoms with E-state index in [1.165, 1.54) is 45.1 Å². The van der Waals surface area contributed by atoms with Gasteiger partial charge < -0.3 is 5.32 Å². The lowest BCUT2D eigenvalue weighted by molar-refractivity contribution is 0.377. The summed E-state index contributed by atoms with van der Waals surface area (Å²) in [5.74, 6) is 0. The van der Waals surface area contributed by atoms with Crippen LogP contribution in [-0.2, 0) is 0 Å². The largest absolute Gasteiger partial charge is 0.316 e. The molecule has 0 aromatic carbocycles. The van der Waals surface area contributed by atoms with Crippen LogP contribution in [0.25, 0.3) is 0 Å². The van der Waals surface area contributed by atoms with Crippen LogP contribution in [0, 0.1) is 18.3 Å². The van der Waals surface area contributed by atoms with Crippen molar-refractivity contribution in [2.75, 3.05) is 13.1 Å². The molecule has 0 unspecified atom stereocenters. The van der Waals surface area contributed by atoms with E-state index in [1.54, 1.807) is 0 Å². The molecule has 0 aromatic heterocycles. The van der Waals surface area contributed by atoms with Gasteiger partial charge in [-0.1, -0.05) is 59.8 Å². The summed E-state index contributed by atoms with van der Waals surface area (Å²) >= 11 is 0. The second kappa shape index (κ2) is 12.6. The summed E-state index contributed by atoms with van der Waals surface area (Å²) in [5, 5.41) is 3.52. The summed E-state index contributed by atoms with van der Waals surface area (Å²) in [6, 6.07) is 0. The summed E-state index contributed by atoms with van der Waals surface area (Å²) in [5.41, 5.74) is 0.433.